The number of nitrogens with zero attached hydrogens (tertiary/aromatic N) is 1. The van der Waals surface area contributed by atoms with Gasteiger partial charge in [0.25, 0.3) is 0 Å². The Morgan fingerprint density at radius 1 is 1.25 bits per heavy atom. The normalized spacial score (nSPS) is 23.9. The summed E-state index contributed by atoms with van der Waals surface area (Å²) in [5.74, 6) is 0.376. The molecule has 0 radical (unpaired) electrons. The highest BCUT2D eigenvalue weighted by molar-refractivity contribution is 5.77. The summed E-state index contributed by atoms with van der Waals surface area (Å²) in [7, 11) is 0. The Morgan fingerprint density at radius 3 is 2.38 bits per heavy atom. The van der Waals surface area contributed by atoms with Gasteiger partial charge in [-0.05, 0) is 44.7 Å². The second-order valence-electron chi connectivity index (χ2n) is 4.65. The van der Waals surface area contributed by atoms with Crippen LogP contribution in [0.25, 0.3) is 0 Å². The molecule has 0 aromatic rings. The molecule has 2 heterocycles. The highest BCUT2D eigenvalue weighted by Gasteiger charge is 2.38. The van der Waals surface area contributed by atoms with Gasteiger partial charge in [-0.15, -0.1) is 0 Å². The molecule has 3 heteroatoms. The first-order valence-electron chi connectivity index (χ1n) is 6.74. The van der Waals surface area contributed by atoms with E-state index in [1.54, 1.807) is 0 Å². The monoisotopic (exact) mass is 226 g/mol. The van der Waals surface area contributed by atoms with Crippen LogP contribution >= 0.6 is 0 Å². The van der Waals surface area contributed by atoms with Crippen LogP contribution in [-0.2, 0) is 4.79 Å². The molecule has 0 aliphatic carbocycles. The van der Waals surface area contributed by atoms with Gasteiger partial charge in [0.15, 0.2) is 0 Å². The van der Waals surface area contributed by atoms with Crippen molar-refractivity contribution in [2.75, 3.05) is 26.2 Å². The van der Waals surface area contributed by atoms with Crippen molar-refractivity contribution in [3.63, 3.8) is 0 Å². The molecule has 0 aromatic carbocycles. The Balaban J connectivity index is 0.000000606. The minimum atomic E-state index is 0.355. The lowest BCUT2D eigenvalue weighted by atomic mass is 9.71. The van der Waals surface area contributed by atoms with Crippen LogP contribution in [0, 0.1) is 5.41 Å². The average molecular weight is 226 g/mol. The smallest absolute Gasteiger partial charge is 0.223 e. The minimum absolute atomic E-state index is 0.355. The van der Waals surface area contributed by atoms with Crippen LogP contribution in [0.4, 0.5) is 0 Å². The lowest BCUT2D eigenvalue weighted by Crippen LogP contribution is -2.48. The Hall–Kier alpha value is -0.570. The van der Waals surface area contributed by atoms with Crippen LogP contribution in [0.3, 0.4) is 0 Å². The summed E-state index contributed by atoms with van der Waals surface area (Å²) in [5, 5.41) is 3.37. The van der Waals surface area contributed by atoms with E-state index in [9.17, 15) is 4.79 Å². The first-order valence-corrected chi connectivity index (χ1v) is 6.74. The fraction of sp³-hybridized carbons (Fsp3) is 0.923. The molecule has 0 bridgehead atoms. The molecular formula is C13H26N2O. The molecule has 0 atom stereocenters. The van der Waals surface area contributed by atoms with Gasteiger partial charge in [0.05, 0.1) is 0 Å². The van der Waals surface area contributed by atoms with Crippen molar-refractivity contribution in [2.45, 2.75) is 46.5 Å². The quantitative estimate of drug-likeness (QED) is 0.742. The largest absolute Gasteiger partial charge is 0.343 e. The average Bonchev–Trinajstić information content (AvgIpc) is 2.33. The van der Waals surface area contributed by atoms with Crippen LogP contribution < -0.4 is 5.32 Å². The van der Waals surface area contributed by atoms with Gasteiger partial charge in [0, 0.05) is 19.5 Å². The van der Waals surface area contributed by atoms with Crippen molar-refractivity contribution < 1.29 is 4.79 Å². The highest BCUT2D eigenvalue weighted by atomic mass is 16.2. The number of piperidine rings is 2. The number of carbonyl (C=O) groups is 1. The van der Waals surface area contributed by atoms with E-state index < -0.39 is 0 Å². The van der Waals surface area contributed by atoms with Crippen molar-refractivity contribution in [1.82, 2.24) is 10.2 Å². The Labute approximate surface area is 99.6 Å². The maximum Gasteiger partial charge on any atom is 0.223 e. The summed E-state index contributed by atoms with van der Waals surface area (Å²) in [6, 6.07) is 0. The maximum atomic E-state index is 11.8. The lowest BCUT2D eigenvalue weighted by molar-refractivity contribution is -0.138. The molecule has 2 fully saturated rings. The van der Waals surface area contributed by atoms with Gasteiger partial charge in [-0.2, -0.15) is 0 Å². The molecule has 2 aliphatic rings. The fourth-order valence-corrected chi connectivity index (χ4v) is 2.74. The zero-order valence-corrected chi connectivity index (χ0v) is 11.0. The fourth-order valence-electron chi connectivity index (χ4n) is 2.74. The van der Waals surface area contributed by atoms with Gasteiger partial charge in [-0.25, -0.2) is 0 Å². The van der Waals surface area contributed by atoms with E-state index in [2.05, 4.69) is 12.2 Å². The predicted molar refractivity (Wildman–Crippen MR) is 67.4 cm³/mol. The number of carbonyl (C=O) groups excluding carboxylic acids is 1. The third-order valence-electron chi connectivity index (χ3n) is 3.84. The molecule has 2 rings (SSSR count). The second-order valence-corrected chi connectivity index (χ2v) is 4.65. The minimum Gasteiger partial charge on any atom is -0.343 e. The number of hydrogen-bond acceptors (Lipinski definition) is 2. The lowest BCUT2D eigenvalue weighted by Gasteiger charge is -2.43. The van der Waals surface area contributed by atoms with Crippen LogP contribution in [0.15, 0.2) is 0 Å². The summed E-state index contributed by atoms with van der Waals surface area (Å²) in [4.78, 5) is 13.8. The molecule has 2 aliphatic heterocycles. The van der Waals surface area contributed by atoms with Gasteiger partial charge in [0.2, 0.25) is 5.91 Å². The maximum absolute atomic E-state index is 11.8. The van der Waals surface area contributed by atoms with Gasteiger partial charge < -0.3 is 10.2 Å². The van der Waals surface area contributed by atoms with Gasteiger partial charge in [-0.1, -0.05) is 13.8 Å². The van der Waals surface area contributed by atoms with E-state index in [0.717, 1.165) is 32.6 Å². The molecule has 0 unspecified atom stereocenters. The van der Waals surface area contributed by atoms with Crippen LogP contribution in [0.5, 0.6) is 0 Å². The van der Waals surface area contributed by atoms with Crippen molar-refractivity contribution in [3.05, 3.63) is 0 Å². The van der Waals surface area contributed by atoms with Crippen molar-refractivity contribution >= 4 is 5.91 Å². The Bertz CT molecular complexity index is 222. The third-order valence-corrected chi connectivity index (χ3v) is 3.84. The molecule has 1 amide bonds. The molecule has 94 valence electrons. The van der Waals surface area contributed by atoms with Gasteiger partial charge in [-0.3, -0.25) is 4.79 Å². The Morgan fingerprint density at radius 2 is 1.88 bits per heavy atom. The van der Waals surface area contributed by atoms with Crippen LogP contribution in [0.2, 0.25) is 0 Å². The molecule has 1 N–H and O–H groups in total. The zero-order valence-electron chi connectivity index (χ0n) is 11.0. The highest BCUT2D eigenvalue weighted by Crippen LogP contribution is 2.39. The molecule has 0 aromatic heterocycles. The van der Waals surface area contributed by atoms with E-state index in [1.165, 1.54) is 19.3 Å². The molecule has 16 heavy (non-hydrogen) atoms. The first kappa shape index (κ1) is 13.5. The van der Waals surface area contributed by atoms with E-state index in [4.69, 9.17) is 0 Å². The van der Waals surface area contributed by atoms with Crippen molar-refractivity contribution in [1.29, 1.82) is 0 Å². The molecule has 0 saturated carbocycles. The van der Waals surface area contributed by atoms with Crippen LogP contribution in [0.1, 0.15) is 46.5 Å². The standard InChI is InChI=1S/C11H20N2O.C2H6/c1-2-13-8-5-11(9-10(13)14)3-6-12-7-4-11;1-2/h12H,2-9H2,1H3;1-2H3. The van der Waals surface area contributed by atoms with Gasteiger partial charge >= 0.3 is 0 Å². The summed E-state index contributed by atoms with van der Waals surface area (Å²) < 4.78 is 0. The van der Waals surface area contributed by atoms with E-state index in [-0.39, 0.29) is 0 Å². The first-order chi connectivity index (χ1) is 7.76. The summed E-state index contributed by atoms with van der Waals surface area (Å²) >= 11 is 0. The summed E-state index contributed by atoms with van der Waals surface area (Å²) in [6.07, 6.45) is 4.39. The molecule has 2 saturated heterocycles. The molecule has 3 nitrogen and oxygen atoms in total. The van der Waals surface area contributed by atoms with Crippen LogP contribution in [-0.4, -0.2) is 37.0 Å². The van der Waals surface area contributed by atoms with Gasteiger partial charge in [0.1, 0.15) is 0 Å². The second kappa shape index (κ2) is 6.24. The zero-order chi connectivity index (χ0) is 12.0. The SMILES string of the molecule is CC.CCN1CCC2(CCNCC2)CC1=O. The van der Waals surface area contributed by atoms with E-state index >= 15 is 0 Å². The summed E-state index contributed by atoms with van der Waals surface area (Å²) in [5.41, 5.74) is 0.355. The molecular weight excluding hydrogens is 200 g/mol. The number of nitrogens with one attached hydrogen (secondary N) is 1. The Kier molecular flexibility index (Phi) is 5.26. The third kappa shape index (κ3) is 2.97. The van der Waals surface area contributed by atoms with Crippen molar-refractivity contribution in [2.24, 2.45) is 5.41 Å². The van der Waals surface area contributed by atoms with E-state index in [0.29, 0.717) is 11.3 Å². The topological polar surface area (TPSA) is 32.3 Å². The number of hydrogen-bond donors (Lipinski definition) is 1. The molecule has 1 spiro atoms. The summed E-state index contributed by atoms with van der Waals surface area (Å²) in [6.45, 7) is 10.1. The number of amides is 1. The van der Waals surface area contributed by atoms with E-state index in [1.807, 2.05) is 18.7 Å². The number of rotatable bonds is 1. The predicted octanol–water partition coefficient (Wildman–Crippen LogP) is 2.02. The van der Waals surface area contributed by atoms with Crippen molar-refractivity contribution in [3.8, 4) is 0 Å². The number of likely N-dealkylation sites (tertiary alicyclic amines) is 1.